The number of aliphatic hydroxyl groups is 3. The van der Waals surface area contributed by atoms with Crippen LogP contribution in [0.5, 0.6) is 0 Å². The zero-order valence-corrected chi connectivity index (χ0v) is 20.4. The number of fused-ring (bicyclic) bond motifs is 2. The Morgan fingerprint density at radius 2 is 1.94 bits per heavy atom. The Hall–Kier alpha value is -1.87. The van der Waals surface area contributed by atoms with Crippen molar-refractivity contribution in [3.05, 3.63) is 23.8 Å². The van der Waals surface area contributed by atoms with Crippen LogP contribution in [0.2, 0.25) is 0 Å². The predicted octanol–water partition coefficient (Wildman–Crippen LogP) is 1.65. The molecular formula is C26H36O8. The molecule has 34 heavy (non-hydrogen) atoms. The minimum Gasteiger partial charge on any atom is -0.459 e. The third-order valence-electron chi connectivity index (χ3n) is 9.10. The van der Waals surface area contributed by atoms with Crippen molar-refractivity contribution < 1.29 is 39.2 Å². The van der Waals surface area contributed by atoms with Crippen molar-refractivity contribution in [2.75, 3.05) is 6.61 Å². The van der Waals surface area contributed by atoms with E-state index in [1.807, 2.05) is 0 Å². The number of hydrogen-bond acceptors (Lipinski definition) is 8. The van der Waals surface area contributed by atoms with Crippen LogP contribution >= 0.6 is 0 Å². The first-order chi connectivity index (χ1) is 15.8. The first-order valence-electron chi connectivity index (χ1n) is 12.1. The summed E-state index contributed by atoms with van der Waals surface area (Å²) in [6, 6.07) is 0. The second-order valence-electron chi connectivity index (χ2n) is 11.5. The van der Waals surface area contributed by atoms with Crippen LogP contribution < -0.4 is 0 Å². The Morgan fingerprint density at radius 3 is 2.59 bits per heavy atom. The van der Waals surface area contributed by atoms with Gasteiger partial charge >= 0.3 is 5.97 Å². The normalized spacial score (nSPS) is 40.6. The molecule has 1 heterocycles. The van der Waals surface area contributed by atoms with Gasteiger partial charge in [0.05, 0.1) is 12.2 Å². The van der Waals surface area contributed by atoms with Gasteiger partial charge in [-0.3, -0.25) is 9.59 Å². The van der Waals surface area contributed by atoms with Crippen LogP contribution in [-0.2, 0) is 23.9 Å². The maximum Gasteiger partial charge on any atom is 0.338 e. The van der Waals surface area contributed by atoms with E-state index in [2.05, 4.69) is 27.4 Å². The predicted molar refractivity (Wildman–Crippen MR) is 121 cm³/mol. The van der Waals surface area contributed by atoms with Crippen LogP contribution in [0, 0.1) is 22.7 Å². The third-order valence-corrected chi connectivity index (χ3v) is 9.10. The molecule has 0 aromatic carbocycles. The molecule has 0 spiro atoms. The summed E-state index contributed by atoms with van der Waals surface area (Å²) in [5, 5.41) is 29.5. The minimum atomic E-state index is -1.73. The summed E-state index contributed by atoms with van der Waals surface area (Å²) < 4.78 is 10.7. The largest absolute Gasteiger partial charge is 0.459 e. The quantitative estimate of drug-likeness (QED) is 0.299. The Bertz CT molecular complexity index is 948. The van der Waals surface area contributed by atoms with Gasteiger partial charge in [-0.05, 0) is 67.8 Å². The molecule has 0 radical (unpaired) electrons. The molecular weight excluding hydrogens is 440 g/mol. The molecule has 0 aromatic heterocycles. The molecule has 3 aliphatic carbocycles. The highest BCUT2D eigenvalue weighted by Gasteiger charge is 2.69. The molecule has 8 nitrogen and oxygen atoms in total. The van der Waals surface area contributed by atoms with Crippen LogP contribution in [0.4, 0.5) is 0 Å². The van der Waals surface area contributed by atoms with E-state index in [-0.39, 0.29) is 40.1 Å². The van der Waals surface area contributed by atoms with Gasteiger partial charge < -0.3 is 24.8 Å². The van der Waals surface area contributed by atoms with E-state index in [1.165, 1.54) is 13.0 Å². The zero-order valence-electron chi connectivity index (χ0n) is 20.4. The fourth-order valence-electron chi connectivity index (χ4n) is 6.79. The molecule has 188 valence electrons. The Labute approximate surface area is 200 Å². The third kappa shape index (κ3) is 3.79. The van der Waals surface area contributed by atoms with Crippen LogP contribution in [-0.4, -0.2) is 69.5 Å². The molecule has 0 bridgehead atoms. The average Bonchev–Trinajstić information content (AvgIpc) is 3.51. The van der Waals surface area contributed by atoms with E-state index in [0.717, 1.165) is 24.8 Å². The van der Waals surface area contributed by atoms with Gasteiger partial charge in [0.1, 0.15) is 6.61 Å². The molecule has 0 aromatic rings. The summed E-state index contributed by atoms with van der Waals surface area (Å²) >= 11 is 0. The monoisotopic (exact) mass is 476 g/mol. The molecule has 4 rings (SSSR count). The van der Waals surface area contributed by atoms with Crippen LogP contribution in [0.25, 0.3) is 0 Å². The second-order valence-corrected chi connectivity index (χ2v) is 11.5. The number of allylic oxidation sites excluding steroid dienone is 1. The van der Waals surface area contributed by atoms with E-state index >= 15 is 0 Å². The van der Waals surface area contributed by atoms with E-state index in [4.69, 9.17) is 9.47 Å². The van der Waals surface area contributed by atoms with E-state index < -0.39 is 42.3 Å². The van der Waals surface area contributed by atoms with Crippen molar-refractivity contribution in [3.63, 3.8) is 0 Å². The molecule has 1 saturated heterocycles. The fourth-order valence-corrected chi connectivity index (χ4v) is 6.79. The smallest absolute Gasteiger partial charge is 0.338 e. The molecule has 1 aliphatic heterocycles. The summed E-state index contributed by atoms with van der Waals surface area (Å²) in [5.41, 5.74) is -0.563. The Morgan fingerprint density at radius 1 is 1.26 bits per heavy atom. The van der Waals surface area contributed by atoms with E-state index in [9.17, 15) is 29.7 Å². The number of hydrogen-bond donors (Lipinski definition) is 3. The fraction of sp³-hybridized carbons (Fsp3) is 0.731. The van der Waals surface area contributed by atoms with Crippen LogP contribution in [0.1, 0.15) is 59.8 Å². The lowest BCUT2D eigenvalue weighted by Crippen LogP contribution is -2.55. The van der Waals surface area contributed by atoms with Gasteiger partial charge in [0, 0.05) is 5.57 Å². The molecule has 8 atom stereocenters. The van der Waals surface area contributed by atoms with Gasteiger partial charge in [0.15, 0.2) is 29.4 Å². The van der Waals surface area contributed by atoms with Gasteiger partial charge in [-0.25, -0.2) is 4.79 Å². The topological polar surface area (TPSA) is 134 Å². The van der Waals surface area contributed by atoms with Gasteiger partial charge in [0.2, 0.25) is 0 Å². The highest BCUT2D eigenvalue weighted by Crippen LogP contribution is 2.64. The van der Waals surface area contributed by atoms with Crippen LogP contribution in [0.15, 0.2) is 23.8 Å². The highest BCUT2D eigenvalue weighted by molar-refractivity contribution is 6.18. The number of ether oxygens (including phenoxy) is 2. The number of Topliss-reactive ketones (excluding diaryl/α,β-unsaturated/α-hetero) is 1. The standard InChI is InChI=1S/C26H36O8/c1-13-6-7-17-24(3,4)18(28)8-9-25(17,5)16(13)11-26-19(29)10-15(21(31)22(26)34-26)12-33-23(32)20(30)14(2)27/h10,14,16-18,20,22,27-28,30H,1,6-9,11-12H2,2-5H3. The molecule has 0 amide bonds. The average molecular weight is 477 g/mol. The van der Waals surface area contributed by atoms with Gasteiger partial charge in [-0.1, -0.05) is 32.9 Å². The molecule has 2 saturated carbocycles. The molecule has 3 fully saturated rings. The first kappa shape index (κ1) is 25.2. The summed E-state index contributed by atoms with van der Waals surface area (Å²) in [6.45, 7) is 11.5. The number of aliphatic hydroxyl groups excluding tert-OH is 3. The lowest BCUT2D eigenvalue weighted by atomic mass is 9.46. The van der Waals surface area contributed by atoms with Crippen molar-refractivity contribution in [2.24, 2.45) is 22.7 Å². The Balaban J connectivity index is 1.52. The first-order valence-corrected chi connectivity index (χ1v) is 12.1. The molecule has 8 unspecified atom stereocenters. The van der Waals surface area contributed by atoms with Crippen molar-refractivity contribution in [3.8, 4) is 0 Å². The lowest BCUT2D eigenvalue weighted by Gasteiger charge is -2.59. The maximum absolute atomic E-state index is 13.2. The maximum atomic E-state index is 13.2. The van der Waals surface area contributed by atoms with Crippen LogP contribution in [0.3, 0.4) is 0 Å². The van der Waals surface area contributed by atoms with E-state index in [0.29, 0.717) is 12.8 Å². The summed E-state index contributed by atoms with van der Waals surface area (Å²) in [4.78, 5) is 37.9. The number of rotatable bonds is 6. The lowest BCUT2D eigenvalue weighted by molar-refractivity contribution is -0.158. The van der Waals surface area contributed by atoms with Crippen molar-refractivity contribution in [2.45, 2.75) is 89.8 Å². The van der Waals surface area contributed by atoms with Gasteiger partial charge in [0.25, 0.3) is 0 Å². The number of epoxide rings is 1. The van der Waals surface area contributed by atoms with Crippen molar-refractivity contribution >= 4 is 17.5 Å². The molecule has 3 N–H and O–H groups in total. The van der Waals surface area contributed by atoms with Crippen molar-refractivity contribution in [1.82, 2.24) is 0 Å². The summed E-state index contributed by atoms with van der Waals surface area (Å²) in [5.74, 6) is -1.56. The number of ketones is 2. The van der Waals surface area contributed by atoms with Gasteiger partial charge in [-0.15, -0.1) is 0 Å². The second kappa shape index (κ2) is 8.36. The SMILES string of the molecule is C=C1CCC2C(C)(C)C(O)CCC2(C)C1CC12OC1C(=O)C(COC(=O)C(O)C(C)O)=CC2=O. The minimum absolute atomic E-state index is 0.0164. The number of carbonyl (C=O) groups is 3. The summed E-state index contributed by atoms with van der Waals surface area (Å²) in [7, 11) is 0. The van der Waals surface area contributed by atoms with Crippen molar-refractivity contribution in [1.29, 1.82) is 0 Å². The highest BCUT2D eigenvalue weighted by atomic mass is 16.6. The Kier molecular flexibility index (Phi) is 6.21. The van der Waals surface area contributed by atoms with E-state index in [1.54, 1.807) is 0 Å². The molecule has 8 heteroatoms. The summed E-state index contributed by atoms with van der Waals surface area (Å²) in [6.07, 6.45) is 0.469. The number of carbonyl (C=O) groups excluding carboxylic acids is 3. The van der Waals surface area contributed by atoms with Gasteiger partial charge in [-0.2, -0.15) is 0 Å². The molecule has 4 aliphatic rings. The number of esters is 1. The zero-order chi connectivity index (χ0) is 25.2.